The Labute approximate surface area is 134 Å². The average Bonchev–Trinajstić information content (AvgIpc) is 2.42. The Hall–Kier alpha value is -1.18. The fraction of sp³-hybridized carbons (Fsp3) is 0.143. The summed E-state index contributed by atoms with van der Waals surface area (Å²) in [5.74, 6) is 0. The number of halogens is 2. The summed E-state index contributed by atoms with van der Waals surface area (Å²) in [6, 6.07) is 11.6. The summed E-state index contributed by atoms with van der Waals surface area (Å²) in [6.45, 7) is 0. The van der Waals surface area contributed by atoms with Gasteiger partial charge in [-0.3, -0.25) is 10.1 Å². The zero-order valence-corrected chi connectivity index (χ0v) is 13.2. The number of hydrogen-bond donors (Lipinski definition) is 1. The van der Waals surface area contributed by atoms with Crippen molar-refractivity contribution in [2.45, 2.75) is 12.5 Å². The second kappa shape index (κ2) is 6.51. The van der Waals surface area contributed by atoms with Gasteiger partial charge in [0.15, 0.2) is 0 Å². The van der Waals surface area contributed by atoms with Crippen LogP contribution in [0.4, 0.5) is 5.69 Å². The predicted octanol–water partition coefficient (Wildman–Crippen LogP) is 4.13. The van der Waals surface area contributed by atoms with Crippen molar-refractivity contribution >= 4 is 39.9 Å². The van der Waals surface area contributed by atoms with Gasteiger partial charge in [0, 0.05) is 22.1 Å². The number of nitro benzene ring substituents is 1. The maximum absolute atomic E-state index is 10.6. The Morgan fingerprint density at radius 2 is 1.90 bits per heavy atom. The Kier molecular flexibility index (Phi) is 4.95. The predicted molar refractivity (Wildman–Crippen MR) is 85.9 cm³/mol. The van der Waals surface area contributed by atoms with Crippen LogP contribution in [-0.2, 0) is 6.42 Å². The van der Waals surface area contributed by atoms with Gasteiger partial charge < -0.3 is 5.11 Å². The molecule has 0 amide bonds. The van der Waals surface area contributed by atoms with Crippen molar-refractivity contribution in [3.63, 3.8) is 0 Å². The van der Waals surface area contributed by atoms with Crippen LogP contribution < -0.4 is 0 Å². The highest BCUT2D eigenvalue weighted by atomic mass is 127. The second-order valence-electron chi connectivity index (χ2n) is 4.32. The molecule has 20 heavy (non-hydrogen) atoms. The molecule has 0 bridgehead atoms. The lowest BCUT2D eigenvalue weighted by Crippen LogP contribution is -2.02. The van der Waals surface area contributed by atoms with Crippen LogP contribution in [0.2, 0.25) is 5.02 Å². The van der Waals surface area contributed by atoms with E-state index in [0.717, 1.165) is 14.7 Å². The molecule has 2 rings (SSSR count). The summed E-state index contributed by atoms with van der Waals surface area (Å²) in [5, 5.41) is 21.3. The lowest BCUT2D eigenvalue weighted by molar-refractivity contribution is -0.384. The normalized spacial score (nSPS) is 12.2. The van der Waals surface area contributed by atoms with Crippen LogP contribution in [0.3, 0.4) is 0 Å². The van der Waals surface area contributed by atoms with Crippen molar-refractivity contribution in [2.75, 3.05) is 0 Å². The monoisotopic (exact) mass is 403 g/mol. The maximum Gasteiger partial charge on any atom is 0.269 e. The summed E-state index contributed by atoms with van der Waals surface area (Å²) >= 11 is 8.14. The van der Waals surface area contributed by atoms with Gasteiger partial charge in [-0.15, -0.1) is 0 Å². The summed E-state index contributed by atoms with van der Waals surface area (Å²) in [4.78, 5) is 10.1. The molecule has 0 aliphatic heterocycles. The molecular formula is C14H11ClINO3. The third kappa shape index (κ3) is 3.68. The number of benzene rings is 2. The summed E-state index contributed by atoms with van der Waals surface area (Å²) in [6.07, 6.45) is -0.305. The first-order valence-electron chi connectivity index (χ1n) is 5.83. The molecule has 0 saturated heterocycles. The number of aliphatic hydroxyl groups excluding tert-OH is 1. The molecule has 0 aliphatic rings. The van der Waals surface area contributed by atoms with Gasteiger partial charge in [0.1, 0.15) is 0 Å². The van der Waals surface area contributed by atoms with Crippen molar-refractivity contribution < 1.29 is 10.0 Å². The topological polar surface area (TPSA) is 63.4 Å². The molecule has 1 atom stereocenters. The molecule has 0 heterocycles. The van der Waals surface area contributed by atoms with Crippen LogP contribution in [0, 0.1) is 13.7 Å². The van der Waals surface area contributed by atoms with Crippen LogP contribution in [0.1, 0.15) is 17.2 Å². The molecule has 0 fully saturated rings. The molecule has 104 valence electrons. The van der Waals surface area contributed by atoms with Crippen molar-refractivity contribution in [3.8, 4) is 0 Å². The third-order valence-electron chi connectivity index (χ3n) is 2.90. The minimum Gasteiger partial charge on any atom is -0.388 e. The molecule has 0 saturated carbocycles. The second-order valence-corrected chi connectivity index (χ2v) is 5.89. The standard InChI is InChI=1S/C14H11ClINO3/c15-12-8-10(3-6-13(12)16)14(18)7-9-1-4-11(5-2-9)17(19)20/h1-6,8,14,18H,7H2. The maximum atomic E-state index is 10.6. The highest BCUT2D eigenvalue weighted by molar-refractivity contribution is 14.1. The van der Waals surface area contributed by atoms with E-state index in [-0.39, 0.29) is 5.69 Å². The summed E-state index contributed by atoms with van der Waals surface area (Å²) in [5.41, 5.74) is 1.60. The average molecular weight is 404 g/mol. The molecule has 0 spiro atoms. The SMILES string of the molecule is O=[N+]([O-])c1ccc(CC(O)c2ccc(I)c(Cl)c2)cc1. The molecular weight excluding hydrogens is 393 g/mol. The van der Waals surface area contributed by atoms with Gasteiger partial charge in [-0.2, -0.15) is 0 Å². The molecule has 1 N–H and O–H groups in total. The van der Waals surface area contributed by atoms with E-state index in [0.29, 0.717) is 11.4 Å². The molecule has 0 radical (unpaired) electrons. The van der Waals surface area contributed by atoms with E-state index >= 15 is 0 Å². The minimum absolute atomic E-state index is 0.0422. The van der Waals surface area contributed by atoms with E-state index < -0.39 is 11.0 Å². The van der Waals surface area contributed by atoms with Crippen LogP contribution in [-0.4, -0.2) is 10.0 Å². The van der Waals surface area contributed by atoms with Gasteiger partial charge in [0.25, 0.3) is 5.69 Å². The van der Waals surface area contributed by atoms with E-state index in [1.807, 2.05) is 12.1 Å². The molecule has 1 unspecified atom stereocenters. The Morgan fingerprint density at radius 1 is 1.25 bits per heavy atom. The van der Waals surface area contributed by atoms with Gasteiger partial charge in [-0.25, -0.2) is 0 Å². The molecule has 2 aromatic carbocycles. The molecule has 4 nitrogen and oxygen atoms in total. The molecule has 0 aliphatic carbocycles. The lowest BCUT2D eigenvalue weighted by Gasteiger charge is -2.12. The van der Waals surface area contributed by atoms with Gasteiger partial charge in [-0.1, -0.05) is 29.8 Å². The first kappa shape index (κ1) is 15.2. The zero-order chi connectivity index (χ0) is 14.7. The number of nitro groups is 1. The van der Waals surface area contributed by atoms with Gasteiger partial charge in [0.2, 0.25) is 0 Å². The van der Waals surface area contributed by atoms with E-state index in [4.69, 9.17) is 11.6 Å². The lowest BCUT2D eigenvalue weighted by atomic mass is 10.0. The van der Waals surface area contributed by atoms with E-state index in [2.05, 4.69) is 22.6 Å². The third-order valence-corrected chi connectivity index (χ3v) is 4.48. The van der Waals surface area contributed by atoms with Crippen molar-refractivity contribution in [3.05, 3.63) is 72.3 Å². The van der Waals surface area contributed by atoms with Gasteiger partial charge in [-0.05, 0) is 45.9 Å². The number of non-ortho nitro benzene ring substituents is 1. The van der Waals surface area contributed by atoms with E-state index in [9.17, 15) is 15.2 Å². The smallest absolute Gasteiger partial charge is 0.269 e. The largest absolute Gasteiger partial charge is 0.388 e. The fourth-order valence-electron chi connectivity index (χ4n) is 1.81. The van der Waals surface area contributed by atoms with Crippen molar-refractivity contribution in [1.29, 1.82) is 0 Å². The Bertz CT molecular complexity index is 631. The van der Waals surface area contributed by atoms with Crippen molar-refractivity contribution in [1.82, 2.24) is 0 Å². The highest BCUT2D eigenvalue weighted by Crippen LogP contribution is 2.25. The fourth-order valence-corrected chi connectivity index (χ4v) is 2.34. The first-order valence-corrected chi connectivity index (χ1v) is 7.29. The quantitative estimate of drug-likeness (QED) is 0.474. The van der Waals surface area contributed by atoms with Gasteiger partial charge in [0.05, 0.1) is 16.0 Å². The number of nitrogens with zero attached hydrogens (tertiary/aromatic N) is 1. The summed E-state index contributed by atoms with van der Waals surface area (Å²) < 4.78 is 0.926. The van der Waals surface area contributed by atoms with Crippen LogP contribution in [0.25, 0.3) is 0 Å². The van der Waals surface area contributed by atoms with Gasteiger partial charge >= 0.3 is 0 Å². The van der Waals surface area contributed by atoms with Crippen LogP contribution in [0.5, 0.6) is 0 Å². The number of aliphatic hydroxyl groups is 1. The van der Waals surface area contributed by atoms with Crippen LogP contribution >= 0.6 is 34.2 Å². The molecule has 0 aromatic heterocycles. The first-order chi connectivity index (χ1) is 9.47. The van der Waals surface area contributed by atoms with Crippen LogP contribution in [0.15, 0.2) is 42.5 Å². The Balaban J connectivity index is 2.12. The van der Waals surface area contributed by atoms with Crippen molar-refractivity contribution in [2.24, 2.45) is 0 Å². The van der Waals surface area contributed by atoms with E-state index in [1.54, 1.807) is 18.2 Å². The van der Waals surface area contributed by atoms with E-state index in [1.165, 1.54) is 12.1 Å². The number of hydrogen-bond acceptors (Lipinski definition) is 3. The Morgan fingerprint density at radius 3 is 2.45 bits per heavy atom. The highest BCUT2D eigenvalue weighted by Gasteiger charge is 2.11. The molecule has 2 aromatic rings. The minimum atomic E-state index is -0.689. The summed E-state index contributed by atoms with van der Waals surface area (Å²) in [7, 11) is 0. The number of rotatable bonds is 4. The molecule has 6 heteroatoms. The zero-order valence-electron chi connectivity index (χ0n) is 10.3.